The minimum Gasteiger partial charge on any atom is -0.388 e. The molecule has 7 N–H and O–H groups in total. The van der Waals surface area contributed by atoms with Crippen LogP contribution in [0, 0.1) is 50.7 Å². The minimum absolute atomic E-state index is 0.0171. The Labute approximate surface area is 316 Å². The average molecular weight is 767 g/mol. The van der Waals surface area contributed by atoms with E-state index in [9.17, 15) is 40.5 Å². The number of carbonyl (C=O) groups is 1. The highest BCUT2D eigenvalue weighted by molar-refractivity contribution is 5.86. The summed E-state index contributed by atoms with van der Waals surface area (Å²) in [5.41, 5.74) is -2.16. The molecule has 4 saturated heterocycles. The SMILES string of the molecule is CC1C2OC(C)(C)C(O)C2(O)OC2CC3(C)C4CC(=O)C5C(C)(C)C(OC6OCC(O)C(O)C6OC6OCC(O)C(O)C6O)CCC56CC46CCC3(C)C21. The smallest absolute Gasteiger partial charge is 0.222 e. The van der Waals surface area contributed by atoms with E-state index in [-0.39, 0.29) is 70.4 Å². The van der Waals surface area contributed by atoms with Gasteiger partial charge in [-0.15, -0.1) is 0 Å². The fourth-order valence-corrected chi connectivity index (χ4v) is 14.8. The van der Waals surface area contributed by atoms with Crippen LogP contribution < -0.4 is 0 Å². The lowest BCUT2D eigenvalue weighted by molar-refractivity contribution is -0.354. The summed E-state index contributed by atoms with van der Waals surface area (Å²) >= 11 is 0. The van der Waals surface area contributed by atoms with Gasteiger partial charge >= 0.3 is 0 Å². The van der Waals surface area contributed by atoms with Crippen molar-refractivity contribution in [1.82, 2.24) is 0 Å². The quantitative estimate of drug-likeness (QED) is 0.197. The van der Waals surface area contributed by atoms with Gasteiger partial charge in [-0.1, -0.05) is 34.6 Å². The lowest BCUT2D eigenvalue weighted by atomic mass is 9.41. The first-order valence-electron chi connectivity index (χ1n) is 20.3. The Morgan fingerprint density at radius 2 is 1.43 bits per heavy atom. The Morgan fingerprint density at radius 3 is 2.13 bits per heavy atom. The van der Waals surface area contributed by atoms with Crippen molar-refractivity contribution in [2.75, 3.05) is 13.2 Å². The maximum absolute atomic E-state index is 14.8. The summed E-state index contributed by atoms with van der Waals surface area (Å²) in [6.07, 6.45) is -8.08. The first-order valence-corrected chi connectivity index (χ1v) is 20.3. The Hall–Kier alpha value is -0.850. The van der Waals surface area contributed by atoms with Crippen molar-refractivity contribution in [3.63, 3.8) is 0 Å². The lowest BCUT2D eigenvalue weighted by Crippen LogP contribution is -2.64. The van der Waals surface area contributed by atoms with E-state index in [4.69, 9.17) is 28.4 Å². The third kappa shape index (κ3) is 4.72. The Kier molecular flexibility index (Phi) is 8.51. The van der Waals surface area contributed by atoms with Gasteiger partial charge in [0, 0.05) is 17.8 Å². The van der Waals surface area contributed by atoms with Gasteiger partial charge in [0.2, 0.25) is 5.79 Å². The van der Waals surface area contributed by atoms with Crippen LogP contribution in [0.3, 0.4) is 0 Å². The Morgan fingerprint density at radius 1 is 0.759 bits per heavy atom. The maximum Gasteiger partial charge on any atom is 0.222 e. The van der Waals surface area contributed by atoms with Crippen LogP contribution in [0.5, 0.6) is 0 Å². The van der Waals surface area contributed by atoms with Crippen LogP contribution in [0.2, 0.25) is 0 Å². The zero-order valence-corrected chi connectivity index (χ0v) is 32.6. The van der Waals surface area contributed by atoms with Crippen molar-refractivity contribution < 1.29 is 69.0 Å². The minimum atomic E-state index is -1.79. The van der Waals surface area contributed by atoms with Crippen LogP contribution in [0.1, 0.15) is 93.4 Å². The summed E-state index contributed by atoms with van der Waals surface area (Å²) in [5.74, 6) is -1.64. The molecule has 9 rings (SSSR count). The van der Waals surface area contributed by atoms with E-state index in [2.05, 4.69) is 34.6 Å². The second-order valence-electron chi connectivity index (χ2n) is 20.6. The van der Waals surface area contributed by atoms with Gasteiger partial charge in [0.25, 0.3) is 0 Å². The van der Waals surface area contributed by atoms with E-state index >= 15 is 0 Å². The van der Waals surface area contributed by atoms with Crippen LogP contribution in [0.4, 0.5) is 0 Å². The fraction of sp³-hybridized carbons (Fsp3) is 0.975. The van der Waals surface area contributed by atoms with Crippen LogP contribution in [0.15, 0.2) is 0 Å². The second kappa shape index (κ2) is 11.9. The molecule has 5 aliphatic carbocycles. The van der Waals surface area contributed by atoms with Gasteiger partial charge in [-0.05, 0) is 91.8 Å². The van der Waals surface area contributed by atoms with Crippen molar-refractivity contribution in [3.05, 3.63) is 0 Å². The molecule has 14 nitrogen and oxygen atoms in total. The number of hydrogen-bond acceptors (Lipinski definition) is 14. The monoisotopic (exact) mass is 766 g/mol. The summed E-state index contributed by atoms with van der Waals surface area (Å²) < 4.78 is 36.9. The molecule has 9 fully saturated rings. The molecule has 21 unspecified atom stereocenters. The number of fused-ring (bicyclic) bond motifs is 5. The molecule has 0 aromatic rings. The zero-order chi connectivity index (χ0) is 38.9. The van der Waals surface area contributed by atoms with Crippen molar-refractivity contribution in [3.8, 4) is 0 Å². The maximum atomic E-state index is 14.8. The average Bonchev–Trinajstić information content (AvgIpc) is 3.62. The molecular weight excluding hydrogens is 704 g/mol. The molecule has 5 saturated carbocycles. The molecular formula is C40H62O14. The molecule has 14 heteroatoms. The number of aliphatic hydroxyl groups is 7. The summed E-state index contributed by atoms with van der Waals surface area (Å²) in [6.45, 7) is 14.1. The highest BCUT2D eigenvalue weighted by Crippen LogP contribution is 2.89. The molecule has 0 radical (unpaired) electrons. The predicted molar refractivity (Wildman–Crippen MR) is 186 cm³/mol. The standard InChI is InChI=1S/C40H62O14/c1-17-24-21(53-40(48)30(17)54-35(4,5)33(40)47)13-37(7)22-12-18(41)29-34(2,3)23(8-9-39(29)16-38(22,39)11-10-36(24,37)6)51-32-28(26(45)20(43)15-50-32)52-31-27(46)25(44)19(42)14-49-31/h17,19-33,42-48H,8-16H2,1-7H3. The van der Waals surface area contributed by atoms with Gasteiger partial charge in [0.1, 0.15) is 54.6 Å². The molecule has 306 valence electrons. The molecule has 21 atom stereocenters. The second-order valence-corrected chi connectivity index (χ2v) is 20.6. The third-order valence-electron chi connectivity index (χ3n) is 17.5. The van der Waals surface area contributed by atoms with E-state index in [1.807, 2.05) is 0 Å². The van der Waals surface area contributed by atoms with E-state index in [0.717, 1.165) is 25.7 Å². The topological polar surface area (TPSA) is 214 Å². The molecule has 54 heavy (non-hydrogen) atoms. The number of Topliss-reactive ketones (excluding diaryl/α,β-unsaturated/α-hetero) is 1. The molecule has 0 bridgehead atoms. The van der Waals surface area contributed by atoms with Crippen LogP contribution >= 0.6 is 0 Å². The van der Waals surface area contributed by atoms with Gasteiger partial charge in [-0.3, -0.25) is 4.79 Å². The van der Waals surface area contributed by atoms with Crippen molar-refractivity contribution in [2.24, 2.45) is 50.7 Å². The number of hydrogen-bond donors (Lipinski definition) is 7. The predicted octanol–water partition coefficient (Wildman–Crippen LogP) is 0.764. The lowest BCUT2D eigenvalue weighted by Gasteiger charge is -2.63. The number of rotatable bonds is 4. The van der Waals surface area contributed by atoms with Crippen LogP contribution in [0.25, 0.3) is 0 Å². The third-order valence-corrected chi connectivity index (χ3v) is 17.5. The van der Waals surface area contributed by atoms with Crippen molar-refractivity contribution >= 4 is 5.78 Å². The van der Waals surface area contributed by atoms with Gasteiger partial charge in [0.15, 0.2) is 12.6 Å². The molecule has 0 amide bonds. The van der Waals surface area contributed by atoms with Gasteiger partial charge in [-0.2, -0.15) is 0 Å². The first-order chi connectivity index (χ1) is 25.1. The number of aliphatic hydroxyl groups excluding tert-OH is 6. The molecule has 2 spiro atoms. The number of carbonyl (C=O) groups excluding carboxylic acids is 1. The summed E-state index contributed by atoms with van der Waals surface area (Å²) in [6, 6.07) is 0. The van der Waals surface area contributed by atoms with Crippen LogP contribution in [-0.4, -0.2) is 140 Å². The van der Waals surface area contributed by atoms with E-state index < -0.39 is 84.3 Å². The zero-order valence-electron chi connectivity index (χ0n) is 32.6. The Bertz CT molecular complexity index is 1540. The van der Waals surface area contributed by atoms with Gasteiger partial charge in [0.05, 0.1) is 31.0 Å². The van der Waals surface area contributed by atoms with E-state index in [1.165, 1.54) is 0 Å². The summed E-state index contributed by atoms with van der Waals surface area (Å²) in [5, 5.41) is 75.3. The molecule has 4 heterocycles. The number of ketones is 1. The van der Waals surface area contributed by atoms with Crippen molar-refractivity contribution in [2.45, 2.75) is 178 Å². The molecule has 4 aliphatic heterocycles. The number of ether oxygens (including phenoxy) is 6. The molecule has 0 aromatic carbocycles. The fourth-order valence-electron chi connectivity index (χ4n) is 14.8. The van der Waals surface area contributed by atoms with E-state index in [1.54, 1.807) is 13.8 Å². The molecule has 0 aromatic heterocycles. The van der Waals surface area contributed by atoms with Crippen molar-refractivity contribution in [1.29, 1.82) is 0 Å². The van der Waals surface area contributed by atoms with Gasteiger partial charge in [-0.25, -0.2) is 0 Å². The Balaban J connectivity index is 0.961. The van der Waals surface area contributed by atoms with Crippen LogP contribution in [-0.2, 0) is 33.2 Å². The highest BCUT2D eigenvalue weighted by atomic mass is 16.8. The largest absolute Gasteiger partial charge is 0.388 e. The first kappa shape index (κ1) is 38.7. The highest BCUT2D eigenvalue weighted by Gasteiger charge is 2.85. The summed E-state index contributed by atoms with van der Waals surface area (Å²) in [4.78, 5) is 14.8. The molecule has 9 aliphatic rings. The summed E-state index contributed by atoms with van der Waals surface area (Å²) in [7, 11) is 0. The van der Waals surface area contributed by atoms with E-state index in [0.29, 0.717) is 19.3 Å². The normalized spacial score (nSPS) is 61.0. The van der Waals surface area contributed by atoms with Gasteiger partial charge < -0.3 is 64.2 Å².